The van der Waals surface area contributed by atoms with Crippen LogP contribution in [0.3, 0.4) is 0 Å². The van der Waals surface area contributed by atoms with E-state index in [4.69, 9.17) is 4.74 Å². The van der Waals surface area contributed by atoms with Gasteiger partial charge in [-0.2, -0.15) is 0 Å². The number of rotatable bonds is 9. The van der Waals surface area contributed by atoms with Crippen LogP contribution in [-0.4, -0.2) is 46.2 Å². The molecule has 102 valence electrons. The van der Waals surface area contributed by atoms with Gasteiger partial charge in [0.05, 0.1) is 11.0 Å². The van der Waals surface area contributed by atoms with E-state index in [0.717, 1.165) is 19.6 Å². The minimum atomic E-state index is -2.90. The summed E-state index contributed by atoms with van der Waals surface area (Å²) in [5, 5.41) is 3.00. The quantitative estimate of drug-likeness (QED) is 0.635. The molecule has 0 heterocycles. The van der Waals surface area contributed by atoms with E-state index in [-0.39, 0.29) is 11.0 Å². The Morgan fingerprint density at radius 2 is 2.00 bits per heavy atom. The lowest BCUT2D eigenvalue weighted by Crippen LogP contribution is -2.31. The smallest absolute Gasteiger partial charge is 0.153 e. The second-order valence-corrected chi connectivity index (χ2v) is 8.01. The van der Waals surface area contributed by atoms with E-state index >= 15 is 0 Å². The molecule has 0 spiro atoms. The fraction of sp³-hybridized carbons (Fsp3) is 1.00. The zero-order chi connectivity index (χ0) is 12.9. The van der Waals surface area contributed by atoms with Crippen LogP contribution in [0, 0.1) is 5.41 Å². The second kappa shape index (κ2) is 6.16. The Hall–Kier alpha value is -0.130. The first kappa shape index (κ1) is 14.9. The predicted molar refractivity (Wildman–Crippen MR) is 70.0 cm³/mol. The summed E-state index contributed by atoms with van der Waals surface area (Å²) in [6.45, 7) is 5.75. The number of methoxy groups -OCH3 is 1. The molecule has 1 rings (SSSR count). The summed E-state index contributed by atoms with van der Waals surface area (Å²) in [6, 6.07) is 0. The zero-order valence-corrected chi connectivity index (χ0v) is 12.0. The van der Waals surface area contributed by atoms with Gasteiger partial charge in [-0.1, -0.05) is 0 Å². The van der Waals surface area contributed by atoms with Crippen LogP contribution in [0.25, 0.3) is 0 Å². The number of nitrogens with one attached hydrogen (secondary N) is 1. The highest BCUT2D eigenvalue weighted by Gasteiger charge is 2.41. The van der Waals surface area contributed by atoms with E-state index in [9.17, 15) is 8.42 Å². The predicted octanol–water partition coefficient (Wildman–Crippen LogP) is 1.22. The lowest BCUT2D eigenvalue weighted by Gasteiger charge is -2.15. The molecule has 5 heteroatoms. The average Bonchev–Trinajstić information content (AvgIpc) is 3.02. The van der Waals surface area contributed by atoms with Crippen molar-refractivity contribution in [2.45, 2.75) is 38.4 Å². The Kier molecular flexibility index (Phi) is 5.41. The third-order valence-corrected chi connectivity index (χ3v) is 5.78. The molecule has 1 fully saturated rings. The Bertz CT molecular complexity index is 321. The topological polar surface area (TPSA) is 55.4 Å². The molecule has 0 bridgehead atoms. The van der Waals surface area contributed by atoms with Gasteiger partial charge in [-0.15, -0.1) is 0 Å². The largest absolute Gasteiger partial charge is 0.385 e. The number of sulfone groups is 1. The molecule has 0 aromatic rings. The first-order valence-electron chi connectivity index (χ1n) is 6.33. The Balaban J connectivity index is 2.17. The van der Waals surface area contributed by atoms with E-state index < -0.39 is 9.84 Å². The summed E-state index contributed by atoms with van der Waals surface area (Å²) in [5.41, 5.74) is 0.387. The maximum atomic E-state index is 11.6. The molecule has 0 atom stereocenters. The Labute approximate surface area is 105 Å². The standard InChI is InChI=1S/C12H25NO3S/c1-11(2)17(14,15)9-7-13-10-12(4-5-12)6-8-16-3/h11,13H,4-10H2,1-3H3. The first-order valence-corrected chi connectivity index (χ1v) is 8.05. The van der Waals surface area contributed by atoms with Crippen molar-refractivity contribution in [2.75, 3.05) is 32.6 Å². The van der Waals surface area contributed by atoms with Crippen LogP contribution in [0.1, 0.15) is 33.1 Å². The van der Waals surface area contributed by atoms with Crippen LogP contribution >= 0.6 is 0 Å². The van der Waals surface area contributed by atoms with Gasteiger partial charge in [0.25, 0.3) is 0 Å². The molecule has 0 aromatic carbocycles. The molecule has 1 saturated carbocycles. The fourth-order valence-corrected chi connectivity index (χ4v) is 2.71. The molecular formula is C12H25NO3S. The SMILES string of the molecule is COCCC1(CNCCS(=O)(=O)C(C)C)CC1. The minimum absolute atomic E-state index is 0.241. The molecule has 1 N–H and O–H groups in total. The van der Waals surface area contributed by atoms with Crippen molar-refractivity contribution in [1.29, 1.82) is 0 Å². The van der Waals surface area contributed by atoms with Gasteiger partial charge >= 0.3 is 0 Å². The van der Waals surface area contributed by atoms with Crippen molar-refractivity contribution >= 4 is 9.84 Å². The average molecular weight is 263 g/mol. The van der Waals surface area contributed by atoms with Gasteiger partial charge in [-0.25, -0.2) is 8.42 Å². The van der Waals surface area contributed by atoms with E-state index in [1.807, 2.05) is 0 Å². The minimum Gasteiger partial charge on any atom is -0.385 e. The van der Waals surface area contributed by atoms with Crippen LogP contribution < -0.4 is 5.32 Å². The molecule has 1 aliphatic rings. The highest BCUT2D eigenvalue weighted by atomic mass is 32.2. The van der Waals surface area contributed by atoms with Crippen LogP contribution in [0.5, 0.6) is 0 Å². The molecule has 0 aliphatic heterocycles. The Morgan fingerprint density at radius 3 is 2.47 bits per heavy atom. The molecule has 0 aromatic heterocycles. The fourth-order valence-electron chi connectivity index (χ4n) is 1.81. The molecule has 0 saturated heterocycles. The van der Waals surface area contributed by atoms with Crippen molar-refractivity contribution in [3.63, 3.8) is 0 Å². The van der Waals surface area contributed by atoms with Crippen molar-refractivity contribution in [2.24, 2.45) is 5.41 Å². The van der Waals surface area contributed by atoms with Gasteiger partial charge < -0.3 is 10.1 Å². The molecule has 1 aliphatic carbocycles. The molecule has 0 amide bonds. The van der Waals surface area contributed by atoms with Crippen molar-refractivity contribution in [3.8, 4) is 0 Å². The van der Waals surface area contributed by atoms with Crippen LogP contribution in [0.15, 0.2) is 0 Å². The van der Waals surface area contributed by atoms with Gasteiger partial charge in [0.1, 0.15) is 0 Å². The second-order valence-electron chi connectivity index (χ2n) is 5.34. The van der Waals surface area contributed by atoms with E-state index in [1.54, 1.807) is 21.0 Å². The maximum Gasteiger partial charge on any atom is 0.153 e. The zero-order valence-electron chi connectivity index (χ0n) is 11.2. The monoisotopic (exact) mass is 263 g/mol. The molecule has 17 heavy (non-hydrogen) atoms. The van der Waals surface area contributed by atoms with Gasteiger partial charge in [0.15, 0.2) is 9.84 Å². The highest BCUT2D eigenvalue weighted by molar-refractivity contribution is 7.92. The third kappa shape index (κ3) is 4.94. The van der Waals surface area contributed by atoms with Gasteiger partial charge in [0, 0.05) is 26.8 Å². The van der Waals surface area contributed by atoms with Gasteiger partial charge in [-0.3, -0.25) is 0 Å². The normalized spacial score (nSPS) is 18.6. The van der Waals surface area contributed by atoms with E-state index in [1.165, 1.54) is 12.8 Å². The van der Waals surface area contributed by atoms with Gasteiger partial charge in [0.2, 0.25) is 0 Å². The number of ether oxygens (including phenoxy) is 1. The van der Waals surface area contributed by atoms with Crippen LogP contribution in [-0.2, 0) is 14.6 Å². The third-order valence-electron chi connectivity index (χ3n) is 3.58. The summed E-state index contributed by atoms with van der Waals surface area (Å²) < 4.78 is 28.3. The Morgan fingerprint density at radius 1 is 1.35 bits per heavy atom. The molecule has 4 nitrogen and oxygen atoms in total. The first-order chi connectivity index (χ1) is 7.92. The van der Waals surface area contributed by atoms with Gasteiger partial charge in [-0.05, 0) is 38.5 Å². The number of hydrogen-bond donors (Lipinski definition) is 1. The van der Waals surface area contributed by atoms with Crippen molar-refractivity contribution < 1.29 is 13.2 Å². The van der Waals surface area contributed by atoms with E-state index in [2.05, 4.69) is 5.32 Å². The summed E-state index contributed by atoms with van der Waals surface area (Å²) in [4.78, 5) is 0. The van der Waals surface area contributed by atoms with E-state index in [0.29, 0.717) is 12.0 Å². The van der Waals surface area contributed by atoms with Crippen LogP contribution in [0.2, 0.25) is 0 Å². The lowest BCUT2D eigenvalue weighted by molar-refractivity contribution is 0.171. The van der Waals surface area contributed by atoms with Crippen LogP contribution in [0.4, 0.5) is 0 Å². The highest BCUT2D eigenvalue weighted by Crippen LogP contribution is 2.48. The summed E-state index contributed by atoms with van der Waals surface area (Å²) in [6.07, 6.45) is 3.55. The maximum absolute atomic E-state index is 11.6. The summed E-state index contributed by atoms with van der Waals surface area (Å²) in [5.74, 6) is 0.241. The number of hydrogen-bond acceptors (Lipinski definition) is 4. The summed E-state index contributed by atoms with van der Waals surface area (Å²) >= 11 is 0. The van der Waals surface area contributed by atoms with Crippen molar-refractivity contribution in [1.82, 2.24) is 5.32 Å². The lowest BCUT2D eigenvalue weighted by atomic mass is 10.0. The molecule has 0 radical (unpaired) electrons. The van der Waals surface area contributed by atoms with Crippen molar-refractivity contribution in [3.05, 3.63) is 0 Å². The summed E-state index contributed by atoms with van der Waals surface area (Å²) in [7, 11) is -1.18. The molecule has 0 unspecified atom stereocenters. The molecular weight excluding hydrogens is 238 g/mol.